The van der Waals surface area contributed by atoms with Gasteiger partial charge in [0.2, 0.25) is 5.91 Å². The molecule has 138 valence electrons. The van der Waals surface area contributed by atoms with Crippen LogP contribution < -0.4 is 10.2 Å². The number of methoxy groups -OCH3 is 1. The van der Waals surface area contributed by atoms with Gasteiger partial charge >= 0.3 is 5.97 Å². The van der Waals surface area contributed by atoms with Gasteiger partial charge in [-0.15, -0.1) is 0 Å². The zero-order valence-corrected chi connectivity index (χ0v) is 14.8. The van der Waals surface area contributed by atoms with E-state index in [1.807, 2.05) is 12.1 Å². The Labute approximate surface area is 155 Å². The van der Waals surface area contributed by atoms with Crippen LogP contribution in [0.5, 0.6) is 0 Å². The van der Waals surface area contributed by atoms with Gasteiger partial charge in [0.25, 0.3) is 5.69 Å². The molecule has 8 nitrogen and oxygen atoms in total. The normalized spacial score (nSPS) is 13.0. The van der Waals surface area contributed by atoms with Crippen LogP contribution in [0.25, 0.3) is 6.08 Å². The SMILES string of the molecule is COC(=O)/C=C/c1ccc(Nc2ccc3c(c2)CC(=O)N3C)c([N+](=O)[O-])c1. The summed E-state index contributed by atoms with van der Waals surface area (Å²) in [4.78, 5) is 35.5. The first-order chi connectivity index (χ1) is 12.9. The van der Waals surface area contributed by atoms with Crippen molar-refractivity contribution in [1.82, 2.24) is 0 Å². The van der Waals surface area contributed by atoms with Crippen LogP contribution in [0, 0.1) is 10.1 Å². The predicted octanol–water partition coefficient (Wildman–Crippen LogP) is 3.04. The molecule has 0 bridgehead atoms. The van der Waals surface area contributed by atoms with Crippen molar-refractivity contribution >= 4 is 40.7 Å². The van der Waals surface area contributed by atoms with Crippen LogP contribution in [0.4, 0.5) is 22.7 Å². The molecule has 3 rings (SSSR count). The monoisotopic (exact) mass is 367 g/mol. The molecule has 1 aliphatic heterocycles. The number of hydrogen-bond acceptors (Lipinski definition) is 6. The fraction of sp³-hybridized carbons (Fsp3) is 0.158. The van der Waals surface area contributed by atoms with Crippen molar-refractivity contribution < 1.29 is 19.2 Å². The van der Waals surface area contributed by atoms with Gasteiger partial charge < -0.3 is 15.0 Å². The van der Waals surface area contributed by atoms with Crippen LogP contribution >= 0.6 is 0 Å². The average Bonchev–Trinajstić information content (AvgIpc) is 2.93. The molecule has 1 heterocycles. The predicted molar refractivity (Wildman–Crippen MR) is 101 cm³/mol. The summed E-state index contributed by atoms with van der Waals surface area (Å²) in [5.41, 5.74) is 3.04. The van der Waals surface area contributed by atoms with Crippen molar-refractivity contribution in [3.8, 4) is 0 Å². The van der Waals surface area contributed by atoms with Gasteiger partial charge in [-0.25, -0.2) is 4.79 Å². The first-order valence-corrected chi connectivity index (χ1v) is 8.10. The molecule has 0 unspecified atom stereocenters. The first-order valence-electron chi connectivity index (χ1n) is 8.10. The van der Waals surface area contributed by atoms with Gasteiger partial charge in [0.1, 0.15) is 5.69 Å². The van der Waals surface area contributed by atoms with E-state index in [2.05, 4.69) is 10.1 Å². The summed E-state index contributed by atoms with van der Waals surface area (Å²) >= 11 is 0. The molecule has 0 saturated carbocycles. The maximum atomic E-state index is 11.8. The molecule has 0 fully saturated rings. The zero-order chi connectivity index (χ0) is 19.6. The number of carbonyl (C=O) groups is 2. The minimum absolute atomic E-state index is 0.00915. The molecule has 27 heavy (non-hydrogen) atoms. The van der Waals surface area contributed by atoms with E-state index < -0.39 is 10.9 Å². The van der Waals surface area contributed by atoms with Crippen LogP contribution in [0.15, 0.2) is 42.5 Å². The number of esters is 1. The fourth-order valence-corrected chi connectivity index (χ4v) is 2.84. The Kier molecular flexibility index (Phi) is 4.89. The first kappa shape index (κ1) is 18.1. The summed E-state index contributed by atoms with van der Waals surface area (Å²) in [5, 5.41) is 14.5. The second kappa shape index (κ2) is 7.28. The number of rotatable bonds is 5. The fourth-order valence-electron chi connectivity index (χ4n) is 2.84. The zero-order valence-electron chi connectivity index (χ0n) is 14.8. The van der Waals surface area contributed by atoms with Gasteiger partial charge in [-0.05, 0) is 41.5 Å². The highest BCUT2D eigenvalue weighted by Gasteiger charge is 2.24. The van der Waals surface area contributed by atoms with E-state index in [1.54, 1.807) is 30.1 Å². The van der Waals surface area contributed by atoms with Gasteiger partial charge in [0.15, 0.2) is 0 Å². The highest BCUT2D eigenvalue weighted by atomic mass is 16.6. The number of hydrogen-bond donors (Lipinski definition) is 1. The largest absolute Gasteiger partial charge is 0.466 e. The highest BCUT2D eigenvalue weighted by Crippen LogP contribution is 2.33. The second-order valence-electron chi connectivity index (χ2n) is 5.99. The standard InChI is InChI=1S/C19H17N3O5/c1-21-16-7-5-14(10-13(16)11-18(21)23)20-15-6-3-12(4-8-19(24)27-2)9-17(15)22(25)26/h3-10,20H,11H2,1-2H3/b8-4+. The summed E-state index contributed by atoms with van der Waals surface area (Å²) in [7, 11) is 2.97. The third-order valence-electron chi connectivity index (χ3n) is 4.27. The van der Waals surface area contributed by atoms with E-state index in [0.717, 1.165) is 11.3 Å². The van der Waals surface area contributed by atoms with E-state index in [-0.39, 0.29) is 11.6 Å². The lowest BCUT2D eigenvalue weighted by atomic mass is 10.1. The third kappa shape index (κ3) is 3.79. The number of nitrogens with zero attached hydrogens (tertiary/aromatic N) is 2. The average molecular weight is 367 g/mol. The molecule has 0 atom stereocenters. The summed E-state index contributed by atoms with van der Waals surface area (Å²) in [6, 6.07) is 9.97. The number of nitro benzene ring substituents is 1. The van der Waals surface area contributed by atoms with Crippen molar-refractivity contribution in [3.05, 3.63) is 63.7 Å². The van der Waals surface area contributed by atoms with Crippen molar-refractivity contribution in [2.75, 3.05) is 24.4 Å². The maximum absolute atomic E-state index is 11.8. The number of fused-ring (bicyclic) bond motifs is 1. The van der Waals surface area contributed by atoms with Crippen molar-refractivity contribution in [3.63, 3.8) is 0 Å². The molecule has 2 aromatic carbocycles. The van der Waals surface area contributed by atoms with Gasteiger partial charge in [0.05, 0.1) is 18.5 Å². The topological polar surface area (TPSA) is 102 Å². The Morgan fingerprint density at radius 2 is 2.07 bits per heavy atom. The second-order valence-corrected chi connectivity index (χ2v) is 5.99. The number of nitro groups is 1. The van der Waals surface area contributed by atoms with Crippen LogP contribution in [-0.4, -0.2) is 31.0 Å². The number of benzene rings is 2. The molecule has 1 N–H and O–H groups in total. The quantitative estimate of drug-likeness (QED) is 0.377. The lowest BCUT2D eigenvalue weighted by Crippen LogP contribution is -2.20. The van der Waals surface area contributed by atoms with E-state index in [0.29, 0.717) is 23.4 Å². The van der Waals surface area contributed by atoms with E-state index in [4.69, 9.17) is 0 Å². The minimum atomic E-state index is -0.544. The molecule has 2 aromatic rings. The summed E-state index contributed by atoms with van der Waals surface area (Å²) < 4.78 is 4.50. The molecule has 0 saturated heterocycles. The van der Waals surface area contributed by atoms with Gasteiger partial charge in [-0.3, -0.25) is 14.9 Å². The van der Waals surface area contributed by atoms with E-state index in [9.17, 15) is 19.7 Å². The van der Waals surface area contributed by atoms with Crippen molar-refractivity contribution in [2.45, 2.75) is 6.42 Å². The maximum Gasteiger partial charge on any atom is 0.330 e. The van der Waals surface area contributed by atoms with Crippen molar-refractivity contribution in [1.29, 1.82) is 0 Å². The summed E-state index contributed by atoms with van der Waals surface area (Å²) in [6.45, 7) is 0. The lowest BCUT2D eigenvalue weighted by Gasteiger charge is -2.12. The Balaban J connectivity index is 1.88. The van der Waals surface area contributed by atoms with Crippen LogP contribution in [-0.2, 0) is 20.7 Å². The molecule has 0 aliphatic carbocycles. The number of nitrogens with one attached hydrogen (secondary N) is 1. The van der Waals surface area contributed by atoms with Gasteiger partial charge in [0, 0.05) is 30.6 Å². The molecule has 1 aliphatic rings. The van der Waals surface area contributed by atoms with Crippen molar-refractivity contribution in [2.24, 2.45) is 0 Å². The Morgan fingerprint density at radius 3 is 2.78 bits per heavy atom. The smallest absolute Gasteiger partial charge is 0.330 e. The van der Waals surface area contributed by atoms with E-state index in [1.165, 1.54) is 25.3 Å². The Morgan fingerprint density at radius 1 is 1.30 bits per heavy atom. The number of anilines is 3. The number of amides is 1. The van der Waals surface area contributed by atoms with Crippen LogP contribution in [0.2, 0.25) is 0 Å². The third-order valence-corrected chi connectivity index (χ3v) is 4.27. The number of likely N-dealkylation sites (N-methyl/N-ethyl adjacent to an activating group) is 1. The lowest BCUT2D eigenvalue weighted by molar-refractivity contribution is -0.383. The minimum Gasteiger partial charge on any atom is -0.466 e. The van der Waals surface area contributed by atoms with Gasteiger partial charge in [-0.1, -0.05) is 6.07 Å². The molecular weight excluding hydrogens is 350 g/mol. The Bertz CT molecular complexity index is 968. The Hall–Kier alpha value is -3.68. The summed E-state index contributed by atoms with van der Waals surface area (Å²) in [5.74, 6) is -0.535. The number of carbonyl (C=O) groups excluding carboxylic acids is 2. The van der Waals surface area contributed by atoms with Crippen LogP contribution in [0.3, 0.4) is 0 Å². The van der Waals surface area contributed by atoms with Crippen LogP contribution in [0.1, 0.15) is 11.1 Å². The molecule has 8 heteroatoms. The number of ether oxygens (including phenoxy) is 1. The molecule has 1 amide bonds. The molecule has 0 spiro atoms. The summed E-state index contributed by atoms with van der Waals surface area (Å²) in [6.07, 6.45) is 2.94. The molecular formula is C19H17N3O5. The molecule has 0 radical (unpaired) electrons. The van der Waals surface area contributed by atoms with Gasteiger partial charge in [-0.2, -0.15) is 0 Å². The van der Waals surface area contributed by atoms with E-state index >= 15 is 0 Å². The highest BCUT2D eigenvalue weighted by molar-refractivity contribution is 6.01. The molecule has 0 aromatic heterocycles.